The van der Waals surface area contributed by atoms with Crippen LogP contribution in [0.5, 0.6) is 0 Å². The highest BCUT2D eigenvalue weighted by atomic mass is 35.5. The molecular weight excluding hydrogens is 309 g/mol. The minimum absolute atomic E-state index is 0.210. The van der Waals surface area contributed by atoms with Crippen LogP contribution in [0.2, 0.25) is 10.0 Å². The summed E-state index contributed by atoms with van der Waals surface area (Å²) in [5.41, 5.74) is 2.37. The van der Waals surface area contributed by atoms with E-state index in [9.17, 15) is 0 Å². The monoisotopic (exact) mass is 325 g/mol. The summed E-state index contributed by atoms with van der Waals surface area (Å²) >= 11 is 12.4. The van der Waals surface area contributed by atoms with Gasteiger partial charge in [0.15, 0.2) is 0 Å². The first kappa shape index (κ1) is 14.7. The number of halogens is 2. The molecule has 1 heterocycles. The fourth-order valence-corrected chi connectivity index (χ4v) is 3.32. The van der Waals surface area contributed by atoms with Crippen LogP contribution < -0.4 is 5.32 Å². The number of rotatable bonds is 5. The maximum atomic E-state index is 6.26. The van der Waals surface area contributed by atoms with E-state index >= 15 is 0 Å². The second kappa shape index (κ2) is 6.26. The summed E-state index contributed by atoms with van der Waals surface area (Å²) in [6.45, 7) is 1.40. The molecule has 0 fully saturated rings. The Hall–Kier alpha value is -1.23. The van der Waals surface area contributed by atoms with Gasteiger partial charge >= 0.3 is 0 Å². The Morgan fingerprint density at radius 3 is 3.10 bits per heavy atom. The van der Waals surface area contributed by atoms with Gasteiger partial charge in [-0.3, -0.25) is 4.68 Å². The molecule has 1 aliphatic rings. The third-order valence-electron chi connectivity index (χ3n) is 3.74. The number of fused-ring (bicyclic) bond motifs is 1. The van der Waals surface area contributed by atoms with Crippen molar-refractivity contribution in [1.82, 2.24) is 9.78 Å². The molecule has 0 saturated carbocycles. The zero-order chi connectivity index (χ0) is 14.8. The van der Waals surface area contributed by atoms with Gasteiger partial charge in [0.2, 0.25) is 0 Å². The van der Waals surface area contributed by atoms with Crippen LogP contribution in [0, 0.1) is 0 Å². The van der Waals surface area contributed by atoms with Crippen LogP contribution in [0.1, 0.15) is 23.6 Å². The number of anilines is 1. The lowest BCUT2D eigenvalue weighted by Crippen LogP contribution is -2.09. The molecule has 4 nitrogen and oxygen atoms in total. The van der Waals surface area contributed by atoms with Crippen molar-refractivity contribution >= 4 is 29.0 Å². The normalized spacial score (nSPS) is 17.0. The smallest absolute Gasteiger partial charge is 0.148 e. The van der Waals surface area contributed by atoms with Crippen molar-refractivity contribution in [3.8, 4) is 0 Å². The molecule has 6 heteroatoms. The molecule has 0 radical (unpaired) electrons. The van der Waals surface area contributed by atoms with Gasteiger partial charge in [-0.05, 0) is 36.1 Å². The lowest BCUT2D eigenvalue weighted by Gasteiger charge is -2.14. The average molecular weight is 326 g/mol. The Morgan fingerprint density at radius 1 is 1.43 bits per heavy atom. The van der Waals surface area contributed by atoms with Crippen molar-refractivity contribution in [2.24, 2.45) is 0 Å². The number of nitrogens with zero attached hydrogens (tertiary/aromatic N) is 2. The number of nitrogens with one attached hydrogen (secondary N) is 1. The molecule has 21 heavy (non-hydrogen) atoms. The Kier molecular flexibility index (Phi) is 4.38. The van der Waals surface area contributed by atoms with Crippen molar-refractivity contribution in [2.75, 3.05) is 19.0 Å². The predicted molar refractivity (Wildman–Crippen MR) is 85.2 cm³/mol. The van der Waals surface area contributed by atoms with Gasteiger partial charge in [-0.15, -0.1) is 0 Å². The summed E-state index contributed by atoms with van der Waals surface area (Å²) in [7, 11) is 1.69. The molecule has 2 aromatic rings. The number of benzene rings is 1. The van der Waals surface area contributed by atoms with E-state index in [1.807, 2.05) is 29.1 Å². The van der Waals surface area contributed by atoms with E-state index in [4.69, 9.17) is 27.9 Å². The van der Waals surface area contributed by atoms with Crippen LogP contribution in [0.4, 0.5) is 5.82 Å². The Labute approximate surface area is 134 Å². The van der Waals surface area contributed by atoms with Gasteiger partial charge in [-0.25, -0.2) is 0 Å². The zero-order valence-corrected chi connectivity index (χ0v) is 13.3. The molecule has 0 bridgehead atoms. The largest absolute Gasteiger partial charge is 0.383 e. The topological polar surface area (TPSA) is 39.1 Å². The first-order valence-corrected chi connectivity index (χ1v) is 7.69. The van der Waals surface area contributed by atoms with Crippen LogP contribution in [0.25, 0.3) is 0 Å². The lowest BCUT2D eigenvalue weighted by atomic mass is 10.1. The average Bonchev–Trinajstić information content (AvgIpc) is 3.05. The van der Waals surface area contributed by atoms with Crippen molar-refractivity contribution in [3.63, 3.8) is 0 Å². The minimum Gasteiger partial charge on any atom is -0.383 e. The molecule has 0 aliphatic heterocycles. The number of hydrogen-bond donors (Lipinski definition) is 1. The van der Waals surface area contributed by atoms with E-state index in [2.05, 4.69) is 10.4 Å². The highest BCUT2D eigenvalue weighted by Gasteiger charge is 2.25. The van der Waals surface area contributed by atoms with Gasteiger partial charge in [0.1, 0.15) is 5.82 Å². The van der Waals surface area contributed by atoms with Crippen LogP contribution >= 0.6 is 23.2 Å². The molecular formula is C15H17Cl2N3O. The van der Waals surface area contributed by atoms with Gasteiger partial charge in [-0.1, -0.05) is 23.2 Å². The van der Waals surface area contributed by atoms with E-state index in [1.165, 1.54) is 11.1 Å². The lowest BCUT2D eigenvalue weighted by molar-refractivity contribution is 0.183. The van der Waals surface area contributed by atoms with E-state index in [-0.39, 0.29) is 6.04 Å². The molecule has 1 aliphatic carbocycles. The molecule has 0 amide bonds. The molecule has 1 N–H and O–H groups in total. The standard InChI is InChI=1S/C15H17Cl2N3O/c1-21-7-6-20-5-4-15(19-20)18-14-3-2-11-12(14)8-10(16)9-13(11)17/h4-5,8-9,14H,2-3,6-7H2,1H3,(H,18,19)/t14-/m0/s1. The van der Waals surface area contributed by atoms with Crippen molar-refractivity contribution in [2.45, 2.75) is 25.4 Å². The van der Waals surface area contributed by atoms with E-state index < -0.39 is 0 Å². The van der Waals surface area contributed by atoms with E-state index in [0.29, 0.717) is 11.6 Å². The Balaban J connectivity index is 1.74. The van der Waals surface area contributed by atoms with Gasteiger partial charge in [-0.2, -0.15) is 5.10 Å². The Bertz CT molecular complexity index is 642. The molecule has 1 aromatic heterocycles. The van der Waals surface area contributed by atoms with Gasteiger partial charge < -0.3 is 10.1 Å². The maximum Gasteiger partial charge on any atom is 0.148 e. The second-order valence-corrected chi connectivity index (χ2v) is 5.99. The molecule has 0 spiro atoms. The highest BCUT2D eigenvalue weighted by Crippen LogP contribution is 2.39. The fourth-order valence-electron chi connectivity index (χ4n) is 2.72. The molecule has 0 saturated heterocycles. The third-order valence-corrected chi connectivity index (χ3v) is 4.30. The maximum absolute atomic E-state index is 6.26. The number of methoxy groups -OCH3 is 1. The Morgan fingerprint density at radius 2 is 2.29 bits per heavy atom. The molecule has 1 aromatic carbocycles. The minimum atomic E-state index is 0.210. The summed E-state index contributed by atoms with van der Waals surface area (Å²) in [5, 5.41) is 9.38. The predicted octanol–water partition coefficient (Wildman–Crippen LogP) is 3.94. The van der Waals surface area contributed by atoms with Crippen LogP contribution in [0.15, 0.2) is 24.4 Å². The van der Waals surface area contributed by atoms with E-state index in [0.717, 1.165) is 30.2 Å². The van der Waals surface area contributed by atoms with Gasteiger partial charge in [0.05, 0.1) is 19.2 Å². The number of ether oxygens (including phenoxy) is 1. The van der Waals surface area contributed by atoms with Crippen molar-refractivity contribution < 1.29 is 4.74 Å². The SMILES string of the molecule is COCCn1ccc(N[C@H]2CCc3c(Cl)cc(Cl)cc32)n1. The van der Waals surface area contributed by atoms with Crippen molar-refractivity contribution in [3.05, 3.63) is 45.6 Å². The third kappa shape index (κ3) is 3.18. The molecule has 1 atom stereocenters. The summed E-state index contributed by atoms with van der Waals surface area (Å²) in [6, 6.07) is 5.99. The summed E-state index contributed by atoms with van der Waals surface area (Å²) in [4.78, 5) is 0. The van der Waals surface area contributed by atoms with Crippen LogP contribution in [-0.4, -0.2) is 23.5 Å². The number of aromatic nitrogens is 2. The summed E-state index contributed by atoms with van der Waals surface area (Å²) < 4.78 is 6.92. The quantitative estimate of drug-likeness (QED) is 0.905. The highest BCUT2D eigenvalue weighted by molar-refractivity contribution is 6.35. The van der Waals surface area contributed by atoms with E-state index in [1.54, 1.807) is 7.11 Å². The number of hydrogen-bond acceptors (Lipinski definition) is 3. The summed E-state index contributed by atoms with van der Waals surface area (Å²) in [5.74, 6) is 0.861. The molecule has 112 valence electrons. The first-order valence-electron chi connectivity index (χ1n) is 6.94. The van der Waals surface area contributed by atoms with Crippen LogP contribution in [-0.2, 0) is 17.7 Å². The first-order chi connectivity index (χ1) is 10.2. The second-order valence-electron chi connectivity index (χ2n) is 5.15. The van der Waals surface area contributed by atoms with Gasteiger partial charge in [0, 0.05) is 29.4 Å². The van der Waals surface area contributed by atoms with Crippen molar-refractivity contribution in [1.29, 1.82) is 0 Å². The molecule has 0 unspecified atom stereocenters. The van der Waals surface area contributed by atoms with Gasteiger partial charge in [0.25, 0.3) is 0 Å². The van der Waals surface area contributed by atoms with Crippen LogP contribution in [0.3, 0.4) is 0 Å². The zero-order valence-electron chi connectivity index (χ0n) is 11.8. The molecule has 3 rings (SSSR count). The fraction of sp³-hybridized carbons (Fsp3) is 0.400. The summed E-state index contributed by atoms with van der Waals surface area (Å²) in [6.07, 6.45) is 3.91.